The molecule has 0 fully saturated rings. The highest BCUT2D eigenvalue weighted by Crippen LogP contribution is 2.44. The summed E-state index contributed by atoms with van der Waals surface area (Å²) >= 11 is 7.64. The summed E-state index contributed by atoms with van der Waals surface area (Å²) in [6.45, 7) is 0.453. The Bertz CT molecular complexity index is 1080. The first-order valence-electron chi connectivity index (χ1n) is 8.68. The van der Waals surface area contributed by atoms with Gasteiger partial charge in [0.15, 0.2) is 0 Å². The van der Waals surface area contributed by atoms with Crippen LogP contribution in [0.15, 0.2) is 24.4 Å². The van der Waals surface area contributed by atoms with Crippen LogP contribution in [0.2, 0.25) is 5.02 Å². The summed E-state index contributed by atoms with van der Waals surface area (Å²) in [4.78, 5) is 21.5. The lowest BCUT2D eigenvalue weighted by atomic mass is 9.94. The maximum Gasteiger partial charge on any atom is 0.251 e. The molecule has 7 nitrogen and oxygen atoms in total. The molecule has 0 saturated heterocycles. The standard InChI is InChI=1S/C18H16ClFN4OS.CH3NO/c1-22-18-15(17(21)25)11-4-5-14-12(16(11)26-18)8-24(23-14)7-9-2-3-10(20)6-13(9)19;2-1-3/h2-3,6,8,22H,4-5,7H2,1H3,(H2,21,25);1H,(H2,2,3). The van der Waals surface area contributed by atoms with Crippen molar-refractivity contribution >= 4 is 40.3 Å². The Morgan fingerprint density at radius 2 is 2.17 bits per heavy atom. The van der Waals surface area contributed by atoms with Crippen LogP contribution in [0.4, 0.5) is 9.39 Å². The van der Waals surface area contributed by atoms with Crippen molar-refractivity contribution < 1.29 is 14.0 Å². The smallest absolute Gasteiger partial charge is 0.251 e. The van der Waals surface area contributed by atoms with E-state index in [1.54, 1.807) is 13.1 Å². The normalized spacial score (nSPS) is 11.7. The van der Waals surface area contributed by atoms with Crippen molar-refractivity contribution in [2.45, 2.75) is 19.4 Å². The summed E-state index contributed by atoms with van der Waals surface area (Å²) in [5.74, 6) is -0.777. The average molecular weight is 436 g/mol. The van der Waals surface area contributed by atoms with Crippen molar-refractivity contribution in [2.24, 2.45) is 11.5 Å². The summed E-state index contributed by atoms with van der Waals surface area (Å²) in [5, 5.41) is 8.87. The highest BCUT2D eigenvalue weighted by Gasteiger charge is 2.28. The Morgan fingerprint density at radius 3 is 2.79 bits per heavy atom. The minimum absolute atomic E-state index is 0.250. The van der Waals surface area contributed by atoms with E-state index in [1.165, 1.54) is 23.5 Å². The molecule has 0 spiro atoms. The SMILES string of the molecule is CNc1sc2c(c1C(N)=O)CCc1nn(Cc3ccc(F)cc3Cl)cc1-2.NC=O. The van der Waals surface area contributed by atoms with E-state index in [0.29, 0.717) is 17.1 Å². The molecule has 0 unspecified atom stereocenters. The van der Waals surface area contributed by atoms with Crippen molar-refractivity contribution in [1.82, 2.24) is 9.78 Å². The number of nitrogens with zero attached hydrogens (tertiary/aromatic N) is 2. The Balaban J connectivity index is 0.000000755. The highest BCUT2D eigenvalue weighted by molar-refractivity contribution is 7.20. The maximum atomic E-state index is 13.2. The molecule has 2 amide bonds. The second kappa shape index (κ2) is 8.62. The van der Waals surface area contributed by atoms with E-state index in [4.69, 9.17) is 22.1 Å². The van der Waals surface area contributed by atoms with Crippen LogP contribution in [0.25, 0.3) is 10.4 Å². The Labute approximate surface area is 175 Å². The Hall–Kier alpha value is -2.91. The van der Waals surface area contributed by atoms with Crippen LogP contribution in [0.5, 0.6) is 0 Å². The molecule has 0 saturated carbocycles. The first-order chi connectivity index (χ1) is 13.9. The van der Waals surface area contributed by atoms with Crippen LogP contribution in [0.3, 0.4) is 0 Å². The van der Waals surface area contributed by atoms with E-state index in [9.17, 15) is 9.18 Å². The molecule has 1 aliphatic rings. The van der Waals surface area contributed by atoms with Gasteiger partial charge in [0.05, 0.1) is 17.8 Å². The number of carbonyl (C=O) groups excluding carboxylic acids is 2. The summed E-state index contributed by atoms with van der Waals surface area (Å²) < 4.78 is 15.0. The van der Waals surface area contributed by atoms with Crippen molar-refractivity contribution in [3.8, 4) is 10.4 Å². The predicted molar refractivity (Wildman–Crippen MR) is 112 cm³/mol. The zero-order valence-electron chi connectivity index (χ0n) is 15.5. The number of benzene rings is 1. The van der Waals surface area contributed by atoms with Gasteiger partial charge in [0.2, 0.25) is 6.41 Å². The minimum atomic E-state index is -0.416. The Morgan fingerprint density at radius 1 is 1.45 bits per heavy atom. The molecule has 2 aromatic heterocycles. The number of hydrogen-bond acceptors (Lipinski definition) is 5. The van der Waals surface area contributed by atoms with Gasteiger partial charge in [-0.2, -0.15) is 5.10 Å². The van der Waals surface area contributed by atoms with Crippen LogP contribution in [-0.4, -0.2) is 29.1 Å². The number of anilines is 1. The summed E-state index contributed by atoms with van der Waals surface area (Å²) in [6, 6.07) is 4.36. The number of carbonyl (C=O) groups is 2. The number of halogens is 2. The van der Waals surface area contributed by atoms with Gasteiger partial charge in [0.25, 0.3) is 5.91 Å². The molecule has 4 rings (SSSR count). The zero-order valence-corrected chi connectivity index (χ0v) is 17.1. The fraction of sp³-hybridized carbons (Fsp3) is 0.211. The quantitative estimate of drug-likeness (QED) is 0.546. The van der Waals surface area contributed by atoms with E-state index in [-0.39, 0.29) is 12.2 Å². The lowest BCUT2D eigenvalue weighted by Crippen LogP contribution is -2.15. The molecule has 0 radical (unpaired) electrons. The fourth-order valence-electron chi connectivity index (χ4n) is 3.34. The van der Waals surface area contributed by atoms with Crippen LogP contribution in [0.1, 0.15) is 27.2 Å². The number of rotatable bonds is 4. The molecule has 5 N–H and O–H groups in total. The molecule has 1 aliphatic carbocycles. The number of aryl methyl sites for hydroxylation is 1. The molecule has 1 aromatic carbocycles. The molecule has 0 atom stereocenters. The summed E-state index contributed by atoms with van der Waals surface area (Å²) in [5.41, 5.74) is 14.1. The molecule has 0 aliphatic heterocycles. The van der Waals surface area contributed by atoms with Gasteiger partial charge in [-0.05, 0) is 36.1 Å². The van der Waals surface area contributed by atoms with Gasteiger partial charge in [-0.3, -0.25) is 14.3 Å². The maximum absolute atomic E-state index is 13.2. The highest BCUT2D eigenvalue weighted by atomic mass is 35.5. The van der Waals surface area contributed by atoms with Gasteiger partial charge in [-0.15, -0.1) is 11.3 Å². The average Bonchev–Trinajstić information content (AvgIpc) is 3.24. The molecule has 3 aromatic rings. The molecule has 0 bridgehead atoms. The van der Waals surface area contributed by atoms with Gasteiger partial charge < -0.3 is 16.8 Å². The van der Waals surface area contributed by atoms with Gasteiger partial charge in [0.1, 0.15) is 10.8 Å². The van der Waals surface area contributed by atoms with Gasteiger partial charge in [0, 0.05) is 28.7 Å². The predicted octanol–water partition coefficient (Wildman–Crippen LogP) is 2.79. The number of fused-ring (bicyclic) bond motifs is 3. The van der Waals surface area contributed by atoms with E-state index in [2.05, 4.69) is 16.1 Å². The Kier molecular flexibility index (Phi) is 6.19. The number of primary amides is 2. The molecule has 2 heterocycles. The minimum Gasteiger partial charge on any atom is -0.379 e. The lowest BCUT2D eigenvalue weighted by molar-refractivity contribution is -0.106. The van der Waals surface area contributed by atoms with Crippen molar-refractivity contribution in [1.29, 1.82) is 0 Å². The monoisotopic (exact) mass is 435 g/mol. The largest absolute Gasteiger partial charge is 0.379 e. The molecular weight excluding hydrogens is 417 g/mol. The number of hydrogen-bond donors (Lipinski definition) is 3. The lowest BCUT2D eigenvalue weighted by Gasteiger charge is -2.11. The third kappa shape index (κ3) is 4.10. The molecule has 152 valence electrons. The third-order valence-electron chi connectivity index (χ3n) is 4.52. The van der Waals surface area contributed by atoms with Gasteiger partial charge in [-0.1, -0.05) is 17.7 Å². The van der Waals surface area contributed by atoms with E-state index in [1.807, 2.05) is 10.9 Å². The fourth-order valence-corrected chi connectivity index (χ4v) is 4.81. The van der Waals surface area contributed by atoms with Crippen LogP contribution < -0.4 is 16.8 Å². The summed E-state index contributed by atoms with van der Waals surface area (Å²) in [6.07, 6.45) is 3.67. The van der Waals surface area contributed by atoms with E-state index < -0.39 is 5.91 Å². The van der Waals surface area contributed by atoms with E-state index in [0.717, 1.165) is 45.1 Å². The van der Waals surface area contributed by atoms with Crippen molar-refractivity contribution in [3.63, 3.8) is 0 Å². The second-order valence-corrected chi connectivity index (χ2v) is 7.71. The topological polar surface area (TPSA) is 116 Å². The van der Waals surface area contributed by atoms with Gasteiger partial charge >= 0.3 is 0 Å². The third-order valence-corrected chi connectivity index (χ3v) is 6.16. The van der Waals surface area contributed by atoms with Gasteiger partial charge in [-0.25, -0.2) is 4.39 Å². The second-order valence-electron chi connectivity index (χ2n) is 6.29. The van der Waals surface area contributed by atoms with Crippen LogP contribution >= 0.6 is 22.9 Å². The first-order valence-corrected chi connectivity index (χ1v) is 9.88. The summed E-state index contributed by atoms with van der Waals surface area (Å²) in [7, 11) is 1.78. The molecular formula is C19H19ClFN5O2S. The van der Waals surface area contributed by atoms with Crippen LogP contribution in [0, 0.1) is 5.82 Å². The number of amides is 2. The number of aromatic nitrogens is 2. The van der Waals surface area contributed by atoms with Crippen molar-refractivity contribution in [2.75, 3.05) is 12.4 Å². The number of thiophene rings is 1. The van der Waals surface area contributed by atoms with Crippen LogP contribution in [-0.2, 0) is 24.2 Å². The number of nitrogens with two attached hydrogens (primary N) is 2. The zero-order chi connectivity index (χ0) is 21.1. The van der Waals surface area contributed by atoms with E-state index >= 15 is 0 Å². The first kappa shape index (κ1) is 20.8. The number of nitrogens with one attached hydrogen (secondary N) is 1. The van der Waals surface area contributed by atoms with Crippen molar-refractivity contribution in [3.05, 3.63) is 57.6 Å². The molecule has 29 heavy (non-hydrogen) atoms. The molecule has 10 heteroatoms.